The fourth-order valence-corrected chi connectivity index (χ4v) is 4.04. The first kappa shape index (κ1) is 17.6. The van der Waals surface area contributed by atoms with Crippen molar-refractivity contribution in [3.05, 3.63) is 53.0 Å². The lowest BCUT2D eigenvalue weighted by molar-refractivity contribution is -0.136. The number of aromatic nitrogens is 2. The molecule has 0 bridgehead atoms. The summed E-state index contributed by atoms with van der Waals surface area (Å²) >= 11 is 1.64. The number of methoxy groups -OCH3 is 1. The van der Waals surface area contributed by atoms with Crippen molar-refractivity contribution >= 4 is 17.2 Å². The molecule has 0 spiro atoms. The smallest absolute Gasteiger partial charge is 0.229 e. The molecule has 1 aliphatic heterocycles. The summed E-state index contributed by atoms with van der Waals surface area (Å²) in [5.41, 5.74) is 2.82. The number of H-pyrrole nitrogens is 1. The van der Waals surface area contributed by atoms with E-state index in [9.17, 15) is 4.79 Å². The lowest BCUT2D eigenvalue weighted by atomic mass is 9.95. The molecular formula is C20H21N3O3S. The van der Waals surface area contributed by atoms with Gasteiger partial charge in [-0.2, -0.15) is 5.10 Å². The second kappa shape index (κ2) is 7.44. The molecular weight excluding hydrogens is 362 g/mol. The Morgan fingerprint density at radius 2 is 2.30 bits per heavy atom. The monoisotopic (exact) mass is 383 g/mol. The van der Waals surface area contributed by atoms with Gasteiger partial charge in [-0.1, -0.05) is 18.2 Å². The van der Waals surface area contributed by atoms with Gasteiger partial charge in [0.2, 0.25) is 5.91 Å². The molecule has 0 saturated carbocycles. The van der Waals surface area contributed by atoms with Crippen LogP contribution in [-0.2, 0) is 17.8 Å². The van der Waals surface area contributed by atoms with E-state index in [0.29, 0.717) is 25.3 Å². The van der Waals surface area contributed by atoms with Gasteiger partial charge in [0, 0.05) is 7.05 Å². The number of benzene rings is 1. The summed E-state index contributed by atoms with van der Waals surface area (Å²) in [6.45, 7) is 0.846. The average molecular weight is 383 g/mol. The number of rotatable bonds is 5. The number of carbonyl (C=O) groups excluding carboxylic acids is 1. The third-order valence-corrected chi connectivity index (χ3v) is 5.61. The largest absolute Gasteiger partial charge is 0.493 e. The number of thiophene rings is 1. The first-order chi connectivity index (χ1) is 13.2. The molecule has 0 unspecified atom stereocenters. The molecule has 4 rings (SSSR count). The molecule has 7 heteroatoms. The van der Waals surface area contributed by atoms with Gasteiger partial charge in [-0.15, -0.1) is 11.3 Å². The summed E-state index contributed by atoms with van der Waals surface area (Å²) in [7, 11) is 3.44. The quantitative estimate of drug-likeness (QED) is 0.734. The molecule has 0 aliphatic carbocycles. The van der Waals surface area contributed by atoms with E-state index in [0.717, 1.165) is 27.6 Å². The maximum Gasteiger partial charge on any atom is 0.229 e. The summed E-state index contributed by atoms with van der Waals surface area (Å²) in [6.07, 6.45) is 0.652. The van der Waals surface area contributed by atoms with Crippen LogP contribution in [0, 0.1) is 5.92 Å². The number of para-hydroxylation sites is 1. The molecule has 0 radical (unpaired) electrons. The summed E-state index contributed by atoms with van der Waals surface area (Å²) in [4.78, 5) is 15.7. The van der Waals surface area contributed by atoms with Crippen LogP contribution in [0.1, 0.15) is 11.3 Å². The Hall–Kier alpha value is -2.80. The van der Waals surface area contributed by atoms with E-state index in [1.807, 2.05) is 48.8 Å². The molecule has 3 heterocycles. The summed E-state index contributed by atoms with van der Waals surface area (Å²) < 4.78 is 11.2. The molecule has 0 fully saturated rings. The molecule has 1 N–H and O–H groups in total. The van der Waals surface area contributed by atoms with E-state index in [1.165, 1.54) is 0 Å². The molecule has 6 nitrogen and oxygen atoms in total. The van der Waals surface area contributed by atoms with Crippen LogP contribution >= 0.6 is 11.3 Å². The number of ether oxygens (including phenoxy) is 2. The third kappa shape index (κ3) is 3.55. The number of amides is 1. The molecule has 140 valence electrons. The topological polar surface area (TPSA) is 67.5 Å². The van der Waals surface area contributed by atoms with Crippen molar-refractivity contribution in [2.75, 3.05) is 20.8 Å². The Labute approximate surface area is 161 Å². The van der Waals surface area contributed by atoms with Crippen LogP contribution in [-0.4, -0.2) is 41.8 Å². The van der Waals surface area contributed by atoms with Gasteiger partial charge >= 0.3 is 0 Å². The van der Waals surface area contributed by atoms with Gasteiger partial charge in [0.15, 0.2) is 11.5 Å². The maximum atomic E-state index is 12.9. The van der Waals surface area contributed by atoms with E-state index in [2.05, 4.69) is 10.2 Å². The normalized spacial score (nSPS) is 15.7. The molecule has 1 aromatic carbocycles. The van der Waals surface area contributed by atoms with Crippen molar-refractivity contribution < 1.29 is 14.3 Å². The van der Waals surface area contributed by atoms with Gasteiger partial charge < -0.3 is 14.4 Å². The summed E-state index contributed by atoms with van der Waals surface area (Å²) in [5, 5.41) is 9.39. The predicted octanol–water partition coefficient (Wildman–Crippen LogP) is 3.36. The zero-order valence-corrected chi connectivity index (χ0v) is 16.1. The van der Waals surface area contributed by atoms with E-state index in [-0.39, 0.29) is 11.8 Å². The highest BCUT2D eigenvalue weighted by Crippen LogP contribution is 2.36. The van der Waals surface area contributed by atoms with E-state index in [4.69, 9.17) is 9.47 Å². The number of aromatic amines is 1. The highest BCUT2D eigenvalue weighted by molar-refractivity contribution is 7.13. The van der Waals surface area contributed by atoms with Crippen molar-refractivity contribution in [3.63, 3.8) is 0 Å². The maximum absolute atomic E-state index is 12.9. The van der Waals surface area contributed by atoms with E-state index in [1.54, 1.807) is 23.3 Å². The van der Waals surface area contributed by atoms with Crippen molar-refractivity contribution in [1.82, 2.24) is 15.1 Å². The number of hydrogen-bond acceptors (Lipinski definition) is 5. The van der Waals surface area contributed by atoms with Crippen LogP contribution in [0.5, 0.6) is 11.5 Å². The third-order valence-electron chi connectivity index (χ3n) is 4.71. The lowest BCUT2D eigenvalue weighted by Crippen LogP contribution is -2.38. The van der Waals surface area contributed by atoms with Gasteiger partial charge in [-0.25, -0.2) is 0 Å². The van der Waals surface area contributed by atoms with E-state index < -0.39 is 0 Å². The minimum Gasteiger partial charge on any atom is -0.493 e. The standard InChI is InChI=1S/C20H21N3O3S/c1-23(11-15-10-16(22-21-15)18-7-4-8-27-18)20(24)14-9-13-5-3-6-17(25-2)19(13)26-12-14/h3-8,10,14H,9,11-12H2,1-2H3,(H,21,22)/t14-/m1/s1. The van der Waals surface area contributed by atoms with Gasteiger partial charge in [-0.05, 0) is 35.6 Å². The van der Waals surface area contributed by atoms with Crippen LogP contribution < -0.4 is 9.47 Å². The van der Waals surface area contributed by atoms with Crippen molar-refractivity contribution in [1.29, 1.82) is 0 Å². The first-order valence-electron chi connectivity index (χ1n) is 8.77. The van der Waals surface area contributed by atoms with Crippen molar-refractivity contribution in [3.8, 4) is 22.1 Å². The van der Waals surface area contributed by atoms with Crippen LogP contribution in [0.3, 0.4) is 0 Å². The van der Waals surface area contributed by atoms with Gasteiger partial charge in [0.05, 0.1) is 30.1 Å². The number of nitrogens with zero attached hydrogens (tertiary/aromatic N) is 2. The van der Waals surface area contributed by atoms with Crippen LogP contribution in [0.4, 0.5) is 0 Å². The minimum absolute atomic E-state index is 0.0655. The Balaban J connectivity index is 1.42. The Morgan fingerprint density at radius 3 is 3.07 bits per heavy atom. The molecule has 27 heavy (non-hydrogen) atoms. The van der Waals surface area contributed by atoms with Crippen molar-refractivity contribution in [2.45, 2.75) is 13.0 Å². The molecule has 3 aromatic rings. The number of carbonyl (C=O) groups is 1. The van der Waals surface area contributed by atoms with Gasteiger partial charge in [0.1, 0.15) is 12.3 Å². The Kier molecular flexibility index (Phi) is 4.85. The molecule has 1 atom stereocenters. The van der Waals surface area contributed by atoms with Gasteiger partial charge in [-0.3, -0.25) is 9.89 Å². The highest BCUT2D eigenvalue weighted by atomic mass is 32.1. The fourth-order valence-electron chi connectivity index (χ4n) is 3.35. The highest BCUT2D eigenvalue weighted by Gasteiger charge is 2.30. The van der Waals surface area contributed by atoms with E-state index >= 15 is 0 Å². The molecule has 1 aliphatic rings. The lowest BCUT2D eigenvalue weighted by Gasteiger charge is -2.28. The first-order valence-corrected chi connectivity index (χ1v) is 9.65. The number of nitrogens with one attached hydrogen (secondary N) is 1. The Bertz CT molecular complexity index is 936. The second-order valence-electron chi connectivity index (χ2n) is 6.61. The Morgan fingerprint density at radius 1 is 1.41 bits per heavy atom. The number of fused-ring (bicyclic) bond motifs is 1. The second-order valence-corrected chi connectivity index (χ2v) is 7.56. The summed E-state index contributed by atoms with van der Waals surface area (Å²) in [6, 6.07) is 11.8. The average Bonchev–Trinajstić information content (AvgIpc) is 3.38. The van der Waals surface area contributed by atoms with Crippen LogP contribution in [0.25, 0.3) is 10.6 Å². The predicted molar refractivity (Wildman–Crippen MR) is 104 cm³/mol. The van der Waals surface area contributed by atoms with Crippen molar-refractivity contribution in [2.24, 2.45) is 5.92 Å². The molecule has 1 amide bonds. The molecule has 2 aromatic heterocycles. The van der Waals surface area contributed by atoms with Crippen LogP contribution in [0.15, 0.2) is 41.8 Å². The molecule has 0 saturated heterocycles. The summed E-state index contributed by atoms with van der Waals surface area (Å²) in [5.74, 6) is 1.33. The van der Waals surface area contributed by atoms with Gasteiger partial charge in [0.25, 0.3) is 0 Å². The number of hydrogen-bond donors (Lipinski definition) is 1. The zero-order valence-electron chi connectivity index (χ0n) is 15.3. The van der Waals surface area contributed by atoms with Crippen LogP contribution in [0.2, 0.25) is 0 Å². The minimum atomic E-state index is -0.200. The zero-order chi connectivity index (χ0) is 18.8. The SMILES string of the molecule is COc1cccc2c1OC[C@H](C(=O)N(C)Cc1cc(-c3cccs3)n[nH]1)C2. The fraction of sp³-hybridized carbons (Fsp3) is 0.300.